The van der Waals surface area contributed by atoms with E-state index in [9.17, 15) is 0 Å². The first-order chi connectivity index (χ1) is 36.2. The molecule has 0 saturated carbocycles. The lowest BCUT2D eigenvalue weighted by Gasteiger charge is -2.36. The Balaban J connectivity index is 0.910. The van der Waals surface area contributed by atoms with E-state index in [1.807, 2.05) is 0 Å². The molecule has 0 aromatic heterocycles. The first-order valence-electron chi connectivity index (χ1n) is 27.1. The zero-order valence-electron chi connectivity index (χ0n) is 44.7. The van der Waals surface area contributed by atoms with Gasteiger partial charge in [-0.1, -0.05) is 237 Å². The maximum atomic E-state index is 2.52. The van der Waals surface area contributed by atoms with Crippen LogP contribution in [0.4, 0.5) is 17.1 Å². The third kappa shape index (κ3) is 7.57. The molecule has 0 amide bonds. The summed E-state index contributed by atoms with van der Waals surface area (Å²) >= 11 is 0. The highest BCUT2D eigenvalue weighted by Crippen LogP contribution is 2.64. The zero-order valence-corrected chi connectivity index (χ0v) is 44.7. The van der Waals surface area contributed by atoms with Gasteiger partial charge in [0.25, 0.3) is 0 Å². The van der Waals surface area contributed by atoms with Crippen LogP contribution in [0.5, 0.6) is 0 Å². The second kappa shape index (κ2) is 17.3. The lowest BCUT2D eigenvalue weighted by atomic mass is 9.69. The summed E-state index contributed by atoms with van der Waals surface area (Å²) in [5.74, 6) is 0.467. The average Bonchev–Trinajstić information content (AvgIpc) is 4.21. The Kier molecular flexibility index (Phi) is 10.8. The number of hydrogen-bond acceptors (Lipinski definition) is 1. The molecule has 0 N–H and O–H groups in total. The fourth-order valence-electron chi connectivity index (χ4n) is 13.5. The summed E-state index contributed by atoms with van der Waals surface area (Å²) in [7, 11) is 0. The van der Waals surface area contributed by atoms with Crippen LogP contribution in [0.1, 0.15) is 107 Å². The van der Waals surface area contributed by atoms with Gasteiger partial charge < -0.3 is 4.90 Å². The van der Waals surface area contributed by atoms with Crippen LogP contribution in [0.3, 0.4) is 0 Å². The van der Waals surface area contributed by atoms with Gasteiger partial charge in [0.1, 0.15) is 0 Å². The minimum Gasteiger partial charge on any atom is -0.310 e. The van der Waals surface area contributed by atoms with E-state index in [0.29, 0.717) is 5.92 Å². The van der Waals surface area contributed by atoms with Crippen molar-refractivity contribution in [1.29, 1.82) is 0 Å². The molecule has 0 saturated heterocycles. The fraction of sp³-hybridized carbons (Fsp3) is 0.189. The minimum absolute atomic E-state index is 0.116. The second-order valence-electron chi connectivity index (χ2n) is 24.4. The Morgan fingerprint density at radius 3 is 1.21 bits per heavy atom. The predicted octanol–water partition coefficient (Wildman–Crippen LogP) is 20.4. The molecule has 10 aromatic carbocycles. The third-order valence-corrected chi connectivity index (χ3v) is 17.1. The monoisotopic (exact) mass is 968 g/mol. The van der Waals surface area contributed by atoms with Gasteiger partial charge in [0.15, 0.2) is 0 Å². The Morgan fingerprint density at radius 2 is 0.707 bits per heavy atom. The minimum atomic E-state index is -0.475. The Labute approximate surface area is 445 Å². The van der Waals surface area contributed by atoms with Crippen molar-refractivity contribution in [2.24, 2.45) is 10.8 Å². The molecule has 13 rings (SSSR count). The maximum Gasteiger partial charge on any atom is 0.0725 e. The molecule has 3 aliphatic carbocycles. The largest absolute Gasteiger partial charge is 0.310 e. The van der Waals surface area contributed by atoms with Crippen molar-refractivity contribution in [3.05, 3.63) is 269 Å². The molecule has 0 aliphatic heterocycles. The van der Waals surface area contributed by atoms with Crippen molar-refractivity contribution < 1.29 is 0 Å². The molecule has 0 fully saturated rings. The normalized spacial score (nSPS) is 15.9. The molecular weight excluding hydrogens is 903 g/mol. The number of benzene rings is 10. The van der Waals surface area contributed by atoms with Crippen molar-refractivity contribution >= 4 is 17.1 Å². The Morgan fingerprint density at radius 1 is 0.333 bits per heavy atom. The maximum absolute atomic E-state index is 2.52. The quantitative estimate of drug-likeness (QED) is 0.147. The van der Waals surface area contributed by atoms with Gasteiger partial charge in [0, 0.05) is 22.5 Å². The van der Waals surface area contributed by atoms with Gasteiger partial charge in [-0.2, -0.15) is 0 Å². The molecule has 0 heterocycles. The van der Waals surface area contributed by atoms with Crippen LogP contribution in [0.25, 0.3) is 66.8 Å². The Hall–Kier alpha value is -8.00. The van der Waals surface area contributed by atoms with Gasteiger partial charge in [0.2, 0.25) is 0 Å². The standard InChI is InChI=1S/C74H65N/c1-71(2,3)47-70(72(4,5)6)52-28-26-50(27-29-52)53-34-41-62-59-21-13-16-24-65(59)74(68(62)44-53)66-25-17-14-22-60(66)63-42-35-54(45-69(63)74)51-32-38-56(39-33-51)75(55-36-30-49(31-37-55)48-18-10-9-11-19-48)57-40-43-61-58-20-12-15-23-64(58)73(7,8)67(61)46-57/h9-46,70H,47H2,1-8H3. The van der Waals surface area contributed by atoms with Crippen LogP contribution in [-0.2, 0) is 10.8 Å². The lowest BCUT2D eigenvalue weighted by molar-refractivity contribution is 0.229. The fourth-order valence-corrected chi connectivity index (χ4v) is 13.5. The summed E-state index contributed by atoms with van der Waals surface area (Å²) in [6.07, 6.45) is 1.15. The summed E-state index contributed by atoms with van der Waals surface area (Å²) in [5.41, 5.74) is 28.0. The first kappa shape index (κ1) is 46.8. The van der Waals surface area contributed by atoms with Gasteiger partial charge in [-0.05, 0) is 177 Å². The molecule has 75 heavy (non-hydrogen) atoms. The van der Waals surface area contributed by atoms with E-state index in [1.54, 1.807) is 0 Å². The number of anilines is 3. The summed E-state index contributed by atoms with van der Waals surface area (Å²) in [6.45, 7) is 19.0. The van der Waals surface area contributed by atoms with Gasteiger partial charge in [-0.3, -0.25) is 0 Å². The van der Waals surface area contributed by atoms with Gasteiger partial charge >= 0.3 is 0 Å². The van der Waals surface area contributed by atoms with E-state index in [1.165, 1.54) is 106 Å². The van der Waals surface area contributed by atoms with Crippen molar-refractivity contribution in [2.45, 2.75) is 78.6 Å². The SMILES string of the molecule is CC(C)(C)CC(c1ccc(-c2ccc3c(c2)C2(c4ccccc4-3)c3ccccc3-c3ccc(-c4ccc(N(c5ccc(-c6ccccc6)cc5)c5ccc6c(c5)C(C)(C)c5ccccc5-6)cc4)cc32)cc1)C(C)(C)C. The van der Waals surface area contributed by atoms with Crippen LogP contribution in [0.2, 0.25) is 0 Å². The number of nitrogens with zero attached hydrogens (tertiary/aromatic N) is 1. The van der Waals surface area contributed by atoms with E-state index in [-0.39, 0.29) is 16.2 Å². The molecule has 1 spiro atoms. The summed E-state index contributed by atoms with van der Waals surface area (Å²) in [5, 5.41) is 0. The highest BCUT2D eigenvalue weighted by molar-refractivity contribution is 5.97. The van der Waals surface area contributed by atoms with E-state index >= 15 is 0 Å². The van der Waals surface area contributed by atoms with Crippen LogP contribution < -0.4 is 4.90 Å². The van der Waals surface area contributed by atoms with Crippen LogP contribution in [0, 0.1) is 10.8 Å². The van der Waals surface area contributed by atoms with Crippen molar-refractivity contribution in [2.75, 3.05) is 4.90 Å². The van der Waals surface area contributed by atoms with E-state index in [2.05, 4.69) is 291 Å². The van der Waals surface area contributed by atoms with Crippen LogP contribution >= 0.6 is 0 Å². The van der Waals surface area contributed by atoms with Crippen LogP contribution in [-0.4, -0.2) is 0 Å². The molecule has 366 valence electrons. The van der Waals surface area contributed by atoms with Crippen molar-refractivity contribution in [3.8, 4) is 66.8 Å². The number of rotatable bonds is 8. The molecule has 10 aromatic rings. The van der Waals surface area contributed by atoms with Crippen molar-refractivity contribution in [1.82, 2.24) is 0 Å². The van der Waals surface area contributed by atoms with E-state index < -0.39 is 5.41 Å². The van der Waals surface area contributed by atoms with E-state index in [0.717, 1.165) is 23.5 Å². The highest BCUT2D eigenvalue weighted by atomic mass is 15.1. The Bertz CT molecular complexity index is 3810. The summed E-state index contributed by atoms with van der Waals surface area (Å²) in [4.78, 5) is 2.43. The van der Waals surface area contributed by atoms with Crippen molar-refractivity contribution in [3.63, 3.8) is 0 Å². The molecule has 2 unspecified atom stereocenters. The van der Waals surface area contributed by atoms with Gasteiger partial charge in [-0.25, -0.2) is 0 Å². The molecule has 3 aliphatic rings. The molecular formula is C74H65N. The smallest absolute Gasteiger partial charge is 0.0725 e. The zero-order chi connectivity index (χ0) is 51.4. The molecule has 1 nitrogen and oxygen atoms in total. The second-order valence-corrected chi connectivity index (χ2v) is 24.4. The van der Waals surface area contributed by atoms with E-state index in [4.69, 9.17) is 0 Å². The first-order valence-corrected chi connectivity index (χ1v) is 27.1. The molecule has 2 atom stereocenters. The average molecular weight is 968 g/mol. The third-order valence-electron chi connectivity index (χ3n) is 17.1. The number of hydrogen-bond donors (Lipinski definition) is 0. The highest BCUT2D eigenvalue weighted by Gasteiger charge is 2.52. The molecule has 0 radical (unpaired) electrons. The van der Waals surface area contributed by atoms with Crippen LogP contribution in [0.15, 0.2) is 231 Å². The topological polar surface area (TPSA) is 3.24 Å². The molecule has 0 bridgehead atoms. The lowest BCUT2D eigenvalue weighted by Crippen LogP contribution is -2.26. The van der Waals surface area contributed by atoms with Gasteiger partial charge in [0.05, 0.1) is 5.41 Å². The molecule has 1 heteroatoms. The summed E-state index contributed by atoms with van der Waals surface area (Å²) < 4.78 is 0. The van der Waals surface area contributed by atoms with Gasteiger partial charge in [-0.15, -0.1) is 0 Å². The predicted molar refractivity (Wildman–Crippen MR) is 318 cm³/mol. The number of fused-ring (bicyclic) bond motifs is 13. The summed E-state index contributed by atoms with van der Waals surface area (Å²) in [6, 6.07) is 87.4.